The van der Waals surface area contributed by atoms with Crippen molar-refractivity contribution in [1.82, 2.24) is 9.78 Å². The zero-order chi connectivity index (χ0) is 17.9. The quantitative estimate of drug-likeness (QED) is 0.780. The summed E-state index contributed by atoms with van der Waals surface area (Å²) in [4.78, 5) is 11.9. The Morgan fingerprint density at radius 3 is 2.79 bits per heavy atom. The fourth-order valence-corrected chi connectivity index (χ4v) is 2.44. The van der Waals surface area contributed by atoms with E-state index < -0.39 is 11.6 Å². The number of carbonyl (C=O) groups is 1. The number of fused-ring (bicyclic) bond motifs is 3. The van der Waals surface area contributed by atoms with Gasteiger partial charge >= 0.3 is 5.97 Å². The highest BCUT2D eigenvalue weighted by Gasteiger charge is 2.36. The van der Waals surface area contributed by atoms with Crippen molar-refractivity contribution in [3.05, 3.63) is 41.2 Å². The van der Waals surface area contributed by atoms with Crippen LogP contribution >= 0.6 is 0 Å². The Hall–Kier alpha value is -2.37. The van der Waals surface area contributed by atoms with Crippen LogP contribution in [0, 0.1) is 6.92 Å². The van der Waals surface area contributed by atoms with E-state index in [0.29, 0.717) is 11.4 Å². The average molecular weight is 334 g/mol. The van der Waals surface area contributed by atoms with Crippen LogP contribution in [0.2, 0.25) is 0 Å². The van der Waals surface area contributed by atoms with Crippen LogP contribution in [0.3, 0.4) is 0 Å². The van der Waals surface area contributed by atoms with Gasteiger partial charge in [-0.2, -0.15) is 5.10 Å². The third kappa shape index (κ3) is 3.27. The molecule has 1 aliphatic heterocycles. The van der Waals surface area contributed by atoms with Gasteiger partial charge in [0.25, 0.3) is 0 Å². The minimum absolute atomic E-state index is 0.0927. The van der Waals surface area contributed by atoms with Crippen molar-refractivity contribution in [3.8, 4) is 11.4 Å². The number of hydrogen-bond donors (Lipinski definition) is 0. The highest BCUT2D eigenvalue weighted by atomic mass is 19.1. The number of esters is 1. The Kier molecular flexibility index (Phi) is 5.26. The Labute approximate surface area is 141 Å². The van der Waals surface area contributed by atoms with Gasteiger partial charge in [-0.05, 0) is 44.5 Å². The van der Waals surface area contributed by atoms with Gasteiger partial charge in [-0.25, -0.2) is 13.9 Å². The molecule has 0 amide bonds. The first-order chi connectivity index (χ1) is 11.4. The third-order valence-electron chi connectivity index (χ3n) is 3.57. The fraction of sp³-hybridized carbons (Fsp3) is 0.444. The van der Waals surface area contributed by atoms with Crippen LogP contribution in [-0.2, 0) is 10.4 Å². The standard InChI is InChI=1S/C16H17FN2O3.C2H6/c1-4-21-15(20)11-8-14-16(3,17)9-22-13-6-5-10(2)7-12(13)19(14)18-11;1-2/h5-8H,4,9H2,1-3H3;1-2H3. The van der Waals surface area contributed by atoms with Crippen LogP contribution in [0.25, 0.3) is 5.69 Å². The Bertz CT molecular complexity index is 738. The van der Waals surface area contributed by atoms with Gasteiger partial charge in [-0.3, -0.25) is 0 Å². The van der Waals surface area contributed by atoms with E-state index in [2.05, 4.69) is 5.10 Å². The molecule has 6 heteroatoms. The highest BCUT2D eigenvalue weighted by Crippen LogP contribution is 2.36. The summed E-state index contributed by atoms with van der Waals surface area (Å²) in [6, 6.07) is 6.94. The number of hydrogen-bond acceptors (Lipinski definition) is 4. The van der Waals surface area contributed by atoms with Crippen molar-refractivity contribution in [2.45, 2.75) is 40.3 Å². The Morgan fingerprint density at radius 2 is 2.12 bits per heavy atom. The molecule has 2 heterocycles. The maximum atomic E-state index is 14.9. The van der Waals surface area contributed by atoms with Crippen LogP contribution in [-0.4, -0.2) is 29.0 Å². The predicted octanol–water partition coefficient (Wildman–Crippen LogP) is 3.96. The molecule has 0 saturated heterocycles. The van der Waals surface area contributed by atoms with Crippen LogP contribution in [0.5, 0.6) is 5.75 Å². The second kappa shape index (κ2) is 7.03. The minimum atomic E-state index is -1.76. The van der Waals surface area contributed by atoms with Crippen LogP contribution in [0.4, 0.5) is 4.39 Å². The topological polar surface area (TPSA) is 53.4 Å². The maximum absolute atomic E-state index is 14.9. The molecule has 3 rings (SSSR count). The van der Waals surface area contributed by atoms with Crippen LogP contribution in [0.15, 0.2) is 24.3 Å². The molecule has 130 valence electrons. The summed E-state index contributed by atoms with van der Waals surface area (Å²) >= 11 is 0. The van der Waals surface area contributed by atoms with E-state index in [9.17, 15) is 9.18 Å². The molecule has 0 aliphatic carbocycles. The van der Waals surface area contributed by atoms with Gasteiger partial charge in [0.2, 0.25) is 0 Å². The van der Waals surface area contributed by atoms with Crippen LogP contribution in [0.1, 0.15) is 49.4 Å². The smallest absolute Gasteiger partial charge is 0.358 e. The van der Waals surface area contributed by atoms with Crippen molar-refractivity contribution in [2.75, 3.05) is 13.2 Å². The third-order valence-corrected chi connectivity index (χ3v) is 3.57. The van der Waals surface area contributed by atoms with Gasteiger partial charge < -0.3 is 9.47 Å². The number of nitrogens with zero attached hydrogens (tertiary/aromatic N) is 2. The molecule has 1 aliphatic rings. The number of aryl methyl sites for hydroxylation is 1. The van der Waals surface area contributed by atoms with E-state index in [4.69, 9.17) is 9.47 Å². The van der Waals surface area contributed by atoms with Crippen molar-refractivity contribution in [2.24, 2.45) is 0 Å². The van der Waals surface area contributed by atoms with E-state index in [-0.39, 0.29) is 24.6 Å². The first-order valence-corrected chi connectivity index (χ1v) is 8.13. The Morgan fingerprint density at radius 1 is 1.42 bits per heavy atom. The molecule has 0 saturated carbocycles. The van der Waals surface area contributed by atoms with E-state index in [1.165, 1.54) is 17.7 Å². The zero-order valence-electron chi connectivity index (χ0n) is 14.7. The zero-order valence-corrected chi connectivity index (χ0v) is 14.7. The molecule has 0 bridgehead atoms. The maximum Gasteiger partial charge on any atom is 0.358 e. The summed E-state index contributed by atoms with van der Waals surface area (Å²) in [5, 5.41) is 4.23. The van der Waals surface area contributed by atoms with E-state index >= 15 is 0 Å². The second-order valence-corrected chi connectivity index (χ2v) is 5.50. The molecule has 1 aromatic heterocycles. The largest absolute Gasteiger partial charge is 0.488 e. The number of aromatic nitrogens is 2. The molecule has 0 spiro atoms. The summed E-state index contributed by atoms with van der Waals surface area (Å²) in [6.45, 7) is 9.15. The second-order valence-electron chi connectivity index (χ2n) is 5.50. The monoisotopic (exact) mass is 334 g/mol. The molecule has 0 fully saturated rings. The van der Waals surface area contributed by atoms with Gasteiger partial charge in [0.15, 0.2) is 11.4 Å². The molecular formula is C18H23FN2O3. The lowest BCUT2D eigenvalue weighted by Gasteiger charge is -2.17. The molecule has 1 atom stereocenters. The first kappa shape index (κ1) is 18.0. The fourth-order valence-electron chi connectivity index (χ4n) is 2.44. The molecule has 1 unspecified atom stereocenters. The van der Waals surface area contributed by atoms with Gasteiger partial charge in [0, 0.05) is 0 Å². The number of carbonyl (C=O) groups excluding carboxylic acids is 1. The van der Waals surface area contributed by atoms with E-state index in [1.807, 2.05) is 32.9 Å². The minimum Gasteiger partial charge on any atom is -0.488 e. The summed E-state index contributed by atoms with van der Waals surface area (Å²) in [5.41, 5.74) is 0.218. The summed E-state index contributed by atoms with van der Waals surface area (Å²) in [6.07, 6.45) is 0. The average Bonchev–Trinajstić information content (AvgIpc) is 2.98. The lowest BCUT2D eigenvalue weighted by Crippen LogP contribution is -2.25. The molecule has 0 N–H and O–H groups in total. The lowest BCUT2D eigenvalue weighted by atomic mass is 10.1. The SMILES string of the molecule is CC.CCOC(=O)c1cc2n(n1)-c1cc(C)ccc1OCC2(C)F. The van der Waals surface area contributed by atoms with E-state index in [1.54, 1.807) is 13.0 Å². The van der Waals surface area contributed by atoms with Crippen molar-refractivity contribution in [1.29, 1.82) is 0 Å². The normalized spacial score (nSPS) is 18.2. The van der Waals surface area contributed by atoms with Gasteiger partial charge in [0.1, 0.15) is 18.0 Å². The van der Waals surface area contributed by atoms with Crippen molar-refractivity contribution >= 4 is 5.97 Å². The molecular weight excluding hydrogens is 311 g/mol. The molecule has 0 radical (unpaired) electrons. The number of rotatable bonds is 2. The Balaban J connectivity index is 0.00000100. The predicted molar refractivity (Wildman–Crippen MR) is 89.6 cm³/mol. The molecule has 1 aromatic carbocycles. The molecule has 5 nitrogen and oxygen atoms in total. The number of halogens is 1. The molecule has 2 aromatic rings. The van der Waals surface area contributed by atoms with Crippen LogP contribution < -0.4 is 4.74 Å². The number of benzene rings is 1. The van der Waals surface area contributed by atoms with E-state index in [0.717, 1.165) is 5.56 Å². The summed E-state index contributed by atoms with van der Waals surface area (Å²) < 4.78 is 26.8. The number of ether oxygens (including phenoxy) is 2. The highest BCUT2D eigenvalue weighted by molar-refractivity contribution is 5.87. The molecule has 24 heavy (non-hydrogen) atoms. The lowest BCUT2D eigenvalue weighted by molar-refractivity contribution is 0.0519. The first-order valence-electron chi connectivity index (χ1n) is 8.13. The van der Waals surface area contributed by atoms with Crippen molar-refractivity contribution in [3.63, 3.8) is 0 Å². The van der Waals surface area contributed by atoms with Gasteiger partial charge in [-0.15, -0.1) is 0 Å². The summed E-state index contributed by atoms with van der Waals surface area (Å²) in [5.74, 6) is -0.0271. The van der Waals surface area contributed by atoms with Gasteiger partial charge in [0.05, 0.1) is 12.3 Å². The number of alkyl halides is 1. The van der Waals surface area contributed by atoms with Crippen molar-refractivity contribution < 1.29 is 18.7 Å². The summed E-state index contributed by atoms with van der Waals surface area (Å²) in [7, 11) is 0. The van der Waals surface area contributed by atoms with Gasteiger partial charge in [-0.1, -0.05) is 19.9 Å².